The van der Waals surface area contributed by atoms with E-state index in [0.717, 1.165) is 6.07 Å². The molecular formula is C10H8ClF3O3. The Bertz CT molecular complexity index is 418. The third-order valence-corrected chi connectivity index (χ3v) is 2.09. The number of alkyl halides is 3. The van der Waals surface area contributed by atoms with Crippen LogP contribution in [0.25, 0.3) is 0 Å². The minimum Gasteiger partial charge on any atom is -0.469 e. The van der Waals surface area contributed by atoms with Crippen molar-refractivity contribution in [3.8, 4) is 5.75 Å². The van der Waals surface area contributed by atoms with Crippen molar-refractivity contribution in [1.82, 2.24) is 0 Å². The van der Waals surface area contributed by atoms with Crippen molar-refractivity contribution >= 4 is 17.6 Å². The van der Waals surface area contributed by atoms with Crippen molar-refractivity contribution in [2.24, 2.45) is 0 Å². The highest BCUT2D eigenvalue weighted by molar-refractivity contribution is 6.32. The lowest BCUT2D eigenvalue weighted by Gasteiger charge is -2.11. The third-order valence-electron chi connectivity index (χ3n) is 1.80. The first kappa shape index (κ1) is 13.6. The van der Waals surface area contributed by atoms with Crippen LogP contribution >= 0.6 is 11.6 Å². The molecule has 0 N–H and O–H groups in total. The quantitative estimate of drug-likeness (QED) is 0.791. The van der Waals surface area contributed by atoms with E-state index in [4.69, 9.17) is 11.6 Å². The normalized spacial score (nSPS) is 11.1. The Labute approximate surface area is 100 Å². The predicted molar refractivity (Wildman–Crippen MR) is 53.9 cm³/mol. The van der Waals surface area contributed by atoms with E-state index in [1.165, 1.54) is 19.2 Å². The number of hydrogen-bond acceptors (Lipinski definition) is 3. The summed E-state index contributed by atoms with van der Waals surface area (Å²) < 4.78 is 43.9. The van der Waals surface area contributed by atoms with Gasteiger partial charge in [0.2, 0.25) is 0 Å². The van der Waals surface area contributed by atoms with Gasteiger partial charge in [-0.1, -0.05) is 17.7 Å². The number of esters is 1. The maximum atomic E-state index is 11.9. The fourth-order valence-electron chi connectivity index (χ4n) is 1.10. The molecule has 0 amide bonds. The maximum Gasteiger partial charge on any atom is 0.573 e. The van der Waals surface area contributed by atoms with Gasteiger partial charge in [-0.05, 0) is 17.7 Å². The SMILES string of the molecule is COC(=O)Cc1ccc(OC(F)(F)F)c(Cl)c1. The van der Waals surface area contributed by atoms with Gasteiger partial charge in [-0.15, -0.1) is 13.2 Å². The summed E-state index contributed by atoms with van der Waals surface area (Å²) in [7, 11) is 1.21. The number of halogens is 4. The molecule has 0 saturated heterocycles. The van der Waals surface area contributed by atoms with E-state index in [9.17, 15) is 18.0 Å². The second-order valence-electron chi connectivity index (χ2n) is 3.07. The number of carbonyl (C=O) groups excluding carboxylic acids is 1. The molecule has 0 heterocycles. The molecule has 0 fully saturated rings. The van der Waals surface area contributed by atoms with Crippen molar-refractivity contribution in [3.63, 3.8) is 0 Å². The average Bonchev–Trinajstić information content (AvgIpc) is 2.20. The zero-order valence-electron chi connectivity index (χ0n) is 8.68. The van der Waals surface area contributed by atoms with E-state index >= 15 is 0 Å². The topological polar surface area (TPSA) is 35.5 Å². The molecule has 0 unspecified atom stereocenters. The van der Waals surface area contributed by atoms with Gasteiger partial charge in [-0.3, -0.25) is 4.79 Å². The molecule has 0 bridgehead atoms. The number of benzene rings is 1. The number of ether oxygens (including phenoxy) is 2. The van der Waals surface area contributed by atoms with Crippen LogP contribution in [0.2, 0.25) is 5.02 Å². The van der Waals surface area contributed by atoms with E-state index in [0.29, 0.717) is 5.56 Å². The molecule has 94 valence electrons. The number of methoxy groups -OCH3 is 1. The molecular weight excluding hydrogens is 261 g/mol. The molecule has 0 aromatic heterocycles. The van der Waals surface area contributed by atoms with Gasteiger partial charge >= 0.3 is 12.3 Å². The molecule has 1 aromatic rings. The fourth-order valence-corrected chi connectivity index (χ4v) is 1.34. The molecule has 0 spiro atoms. The van der Waals surface area contributed by atoms with Crippen LogP contribution in [-0.4, -0.2) is 19.4 Å². The van der Waals surface area contributed by atoms with Crippen LogP contribution in [0, 0.1) is 0 Å². The van der Waals surface area contributed by atoms with Gasteiger partial charge in [0, 0.05) is 0 Å². The van der Waals surface area contributed by atoms with Crippen molar-refractivity contribution in [3.05, 3.63) is 28.8 Å². The minimum atomic E-state index is -4.80. The standard InChI is InChI=1S/C10H8ClF3O3/c1-16-9(15)5-6-2-3-8(7(11)4-6)17-10(12,13)14/h2-4H,5H2,1H3. The molecule has 0 saturated carbocycles. The summed E-state index contributed by atoms with van der Waals surface area (Å²) in [6.07, 6.45) is -4.87. The minimum absolute atomic E-state index is 0.0669. The summed E-state index contributed by atoms with van der Waals surface area (Å²) in [6.45, 7) is 0. The molecule has 0 aliphatic rings. The van der Waals surface area contributed by atoms with Gasteiger partial charge in [0.05, 0.1) is 18.6 Å². The lowest BCUT2D eigenvalue weighted by atomic mass is 10.1. The molecule has 1 aromatic carbocycles. The molecule has 0 radical (unpaired) electrons. The largest absolute Gasteiger partial charge is 0.573 e. The van der Waals surface area contributed by atoms with Gasteiger partial charge in [0.15, 0.2) is 0 Å². The highest BCUT2D eigenvalue weighted by Crippen LogP contribution is 2.30. The predicted octanol–water partition coefficient (Wildman–Crippen LogP) is 2.95. The molecule has 17 heavy (non-hydrogen) atoms. The molecule has 1 rings (SSSR count). The number of rotatable bonds is 3. The van der Waals surface area contributed by atoms with Crippen molar-refractivity contribution < 1.29 is 27.4 Å². The first-order chi connectivity index (χ1) is 7.81. The van der Waals surface area contributed by atoms with Crippen LogP contribution < -0.4 is 4.74 Å². The Hall–Kier alpha value is -1.43. The van der Waals surface area contributed by atoms with Crippen LogP contribution in [0.3, 0.4) is 0 Å². The molecule has 0 aliphatic carbocycles. The van der Waals surface area contributed by atoms with Gasteiger partial charge in [0.25, 0.3) is 0 Å². The van der Waals surface area contributed by atoms with E-state index in [-0.39, 0.29) is 11.4 Å². The van der Waals surface area contributed by atoms with E-state index < -0.39 is 18.1 Å². The Kier molecular flexibility index (Phi) is 4.22. The van der Waals surface area contributed by atoms with Gasteiger partial charge in [-0.25, -0.2) is 0 Å². The second kappa shape index (κ2) is 5.27. The Morgan fingerprint density at radius 3 is 2.53 bits per heavy atom. The Morgan fingerprint density at radius 2 is 2.06 bits per heavy atom. The maximum absolute atomic E-state index is 11.9. The smallest absolute Gasteiger partial charge is 0.469 e. The summed E-state index contributed by atoms with van der Waals surface area (Å²) >= 11 is 5.58. The summed E-state index contributed by atoms with van der Waals surface area (Å²) in [4.78, 5) is 10.9. The van der Waals surface area contributed by atoms with Crippen LogP contribution in [0.4, 0.5) is 13.2 Å². The monoisotopic (exact) mass is 268 g/mol. The van der Waals surface area contributed by atoms with E-state index in [1.54, 1.807) is 0 Å². The highest BCUT2D eigenvalue weighted by atomic mass is 35.5. The number of carbonyl (C=O) groups is 1. The lowest BCUT2D eigenvalue weighted by Crippen LogP contribution is -2.17. The Balaban J connectivity index is 2.83. The summed E-state index contributed by atoms with van der Waals surface area (Å²) in [5, 5.41) is -0.219. The average molecular weight is 269 g/mol. The van der Waals surface area contributed by atoms with Crippen LogP contribution in [0.15, 0.2) is 18.2 Å². The summed E-state index contributed by atoms with van der Waals surface area (Å²) in [5.41, 5.74) is 0.441. The van der Waals surface area contributed by atoms with Crippen LogP contribution in [0.1, 0.15) is 5.56 Å². The van der Waals surface area contributed by atoms with Gasteiger partial charge in [-0.2, -0.15) is 0 Å². The van der Waals surface area contributed by atoms with Crippen molar-refractivity contribution in [2.45, 2.75) is 12.8 Å². The fraction of sp³-hybridized carbons (Fsp3) is 0.300. The van der Waals surface area contributed by atoms with Gasteiger partial charge in [0.1, 0.15) is 5.75 Å². The summed E-state index contributed by atoms with van der Waals surface area (Å²) in [5.74, 6) is -1.02. The zero-order chi connectivity index (χ0) is 13.1. The summed E-state index contributed by atoms with van der Waals surface area (Å²) in [6, 6.07) is 3.58. The molecule has 3 nitrogen and oxygen atoms in total. The number of hydrogen-bond donors (Lipinski definition) is 0. The molecule has 7 heteroatoms. The van der Waals surface area contributed by atoms with Gasteiger partial charge < -0.3 is 9.47 Å². The van der Waals surface area contributed by atoms with Crippen molar-refractivity contribution in [1.29, 1.82) is 0 Å². The van der Waals surface area contributed by atoms with Crippen LogP contribution in [-0.2, 0) is 16.0 Å². The van der Waals surface area contributed by atoms with E-state index in [2.05, 4.69) is 9.47 Å². The van der Waals surface area contributed by atoms with Crippen molar-refractivity contribution in [2.75, 3.05) is 7.11 Å². The second-order valence-corrected chi connectivity index (χ2v) is 3.47. The molecule has 0 atom stereocenters. The third kappa shape index (κ3) is 4.52. The Morgan fingerprint density at radius 1 is 1.41 bits per heavy atom. The zero-order valence-corrected chi connectivity index (χ0v) is 9.43. The van der Waals surface area contributed by atoms with Crippen LogP contribution in [0.5, 0.6) is 5.75 Å². The molecule has 0 aliphatic heterocycles. The van der Waals surface area contributed by atoms with E-state index in [1.807, 2.05) is 0 Å². The first-order valence-electron chi connectivity index (χ1n) is 4.43. The lowest BCUT2D eigenvalue weighted by molar-refractivity contribution is -0.274. The highest BCUT2D eigenvalue weighted by Gasteiger charge is 2.32. The first-order valence-corrected chi connectivity index (χ1v) is 4.80.